The van der Waals surface area contributed by atoms with Crippen LogP contribution in [-0.2, 0) is 6.61 Å². The minimum absolute atomic E-state index is 0.294. The van der Waals surface area contributed by atoms with E-state index >= 15 is 0 Å². The SMILES string of the molecule is O=C(Nc1ccc(Cl)cc1Cl)c1cccc(OCc2ccccc2Cl)c1. The predicted molar refractivity (Wildman–Crippen MR) is 107 cm³/mol. The molecule has 0 aromatic heterocycles. The molecule has 3 rings (SSSR count). The van der Waals surface area contributed by atoms with Gasteiger partial charge in [-0.05, 0) is 42.5 Å². The number of halogens is 3. The number of nitrogens with one attached hydrogen (secondary N) is 1. The van der Waals surface area contributed by atoms with Crippen molar-refractivity contribution in [1.29, 1.82) is 0 Å². The van der Waals surface area contributed by atoms with E-state index < -0.39 is 0 Å². The molecule has 26 heavy (non-hydrogen) atoms. The number of amides is 1. The molecule has 0 aliphatic rings. The van der Waals surface area contributed by atoms with Crippen molar-refractivity contribution in [1.82, 2.24) is 0 Å². The molecule has 0 radical (unpaired) electrons. The van der Waals surface area contributed by atoms with E-state index in [0.717, 1.165) is 5.56 Å². The Kier molecular flexibility index (Phi) is 6.04. The molecule has 132 valence electrons. The number of ether oxygens (including phenoxy) is 1. The van der Waals surface area contributed by atoms with Gasteiger partial charge in [-0.15, -0.1) is 0 Å². The van der Waals surface area contributed by atoms with E-state index in [9.17, 15) is 4.79 Å². The topological polar surface area (TPSA) is 38.3 Å². The first-order chi connectivity index (χ1) is 12.5. The maximum Gasteiger partial charge on any atom is 0.255 e. The molecule has 1 N–H and O–H groups in total. The molecule has 6 heteroatoms. The highest BCUT2D eigenvalue weighted by molar-refractivity contribution is 6.36. The molecular formula is C20H14Cl3NO2. The van der Waals surface area contributed by atoms with Gasteiger partial charge in [-0.2, -0.15) is 0 Å². The van der Waals surface area contributed by atoms with Crippen LogP contribution in [0.25, 0.3) is 0 Å². The Bertz CT molecular complexity index is 944. The molecule has 0 heterocycles. The Labute approximate surface area is 166 Å². The Balaban J connectivity index is 1.70. The molecule has 0 aliphatic carbocycles. The molecule has 3 aromatic carbocycles. The lowest BCUT2D eigenvalue weighted by Gasteiger charge is -2.10. The van der Waals surface area contributed by atoms with Crippen LogP contribution in [0, 0.1) is 0 Å². The number of anilines is 1. The summed E-state index contributed by atoms with van der Waals surface area (Å²) in [6.07, 6.45) is 0. The summed E-state index contributed by atoms with van der Waals surface area (Å²) in [7, 11) is 0. The first-order valence-corrected chi connectivity index (χ1v) is 8.89. The van der Waals surface area contributed by atoms with Crippen LogP contribution in [0.4, 0.5) is 5.69 Å². The third-order valence-electron chi connectivity index (χ3n) is 3.63. The van der Waals surface area contributed by atoms with Crippen LogP contribution in [0.2, 0.25) is 15.1 Å². The number of benzene rings is 3. The molecule has 0 saturated heterocycles. The normalized spacial score (nSPS) is 10.4. The summed E-state index contributed by atoms with van der Waals surface area (Å²) in [5.41, 5.74) is 1.81. The van der Waals surface area contributed by atoms with Gasteiger partial charge in [0.2, 0.25) is 0 Å². The van der Waals surface area contributed by atoms with Crippen molar-refractivity contribution < 1.29 is 9.53 Å². The number of rotatable bonds is 5. The zero-order valence-electron chi connectivity index (χ0n) is 13.5. The average Bonchev–Trinajstić information content (AvgIpc) is 2.63. The van der Waals surface area contributed by atoms with E-state index in [1.165, 1.54) is 0 Å². The van der Waals surface area contributed by atoms with Crippen LogP contribution in [0.3, 0.4) is 0 Å². The van der Waals surface area contributed by atoms with Crippen LogP contribution < -0.4 is 10.1 Å². The summed E-state index contributed by atoms with van der Waals surface area (Å²) in [6.45, 7) is 0.313. The monoisotopic (exact) mass is 405 g/mol. The lowest BCUT2D eigenvalue weighted by Crippen LogP contribution is -2.12. The Morgan fingerprint density at radius 2 is 1.69 bits per heavy atom. The molecule has 0 atom stereocenters. The summed E-state index contributed by atoms with van der Waals surface area (Å²) in [5.74, 6) is 0.275. The van der Waals surface area contributed by atoms with Crippen molar-refractivity contribution in [3.63, 3.8) is 0 Å². The lowest BCUT2D eigenvalue weighted by molar-refractivity contribution is 0.102. The second-order valence-electron chi connectivity index (χ2n) is 5.49. The minimum Gasteiger partial charge on any atom is -0.489 e. The fourth-order valence-electron chi connectivity index (χ4n) is 2.29. The fourth-order valence-corrected chi connectivity index (χ4v) is 2.94. The molecule has 0 bridgehead atoms. The number of carbonyl (C=O) groups is 1. The maximum atomic E-state index is 12.5. The molecule has 0 unspecified atom stereocenters. The van der Waals surface area contributed by atoms with Crippen LogP contribution >= 0.6 is 34.8 Å². The van der Waals surface area contributed by atoms with Crippen LogP contribution in [0.1, 0.15) is 15.9 Å². The quantitative estimate of drug-likeness (QED) is 0.526. The average molecular weight is 407 g/mol. The van der Waals surface area contributed by atoms with Gasteiger partial charge in [-0.1, -0.05) is 59.1 Å². The van der Waals surface area contributed by atoms with Gasteiger partial charge in [0.1, 0.15) is 12.4 Å². The van der Waals surface area contributed by atoms with E-state index in [1.54, 1.807) is 48.5 Å². The third-order valence-corrected chi connectivity index (χ3v) is 4.54. The summed E-state index contributed by atoms with van der Waals surface area (Å²) >= 11 is 18.1. The zero-order chi connectivity index (χ0) is 18.5. The summed E-state index contributed by atoms with van der Waals surface area (Å²) in [4.78, 5) is 12.5. The molecule has 0 saturated carbocycles. The van der Waals surface area contributed by atoms with E-state index in [2.05, 4.69) is 5.32 Å². The number of hydrogen-bond donors (Lipinski definition) is 1. The summed E-state index contributed by atoms with van der Waals surface area (Å²) < 4.78 is 5.75. The van der Waals surface area contributed by atoms with Crippen molar-refractivity contribution in [2.24, 2.45) is 0 Å². The highest BCUT2D eigenvalue weighted by Crippen LogP contribution is 2.26. The first-order valence-electron chi connectivity index (χ1n) is 7.75. The van der Waals surface area contributed by atoms with Gasteiger partial charge in [0.25, 0.3) is 5.91 Å². The van der Waals surface area contributed by atoms with Gasteiger partial charge in [0, 0.05) is 21.2 Å². The van der Waals surface area contributed by atoms with E-state index in [1.807, 2.05) is 18.2 Å². The van der Waals surface area contributed by atoms with Gasteiger partial charge >= 0.3 is 0 Å². The predicted octanol–water partition coefficient (Wildman–Crippen LogP) is 6.48. The summed E-state index contributed by atoms with van der Waals surface area (Å²) in [5, 5.41) is 4.27. The molecule has 1 amide bonds. The van der Waals surface area contributed by atoms with Crippen molar-refractivity contribution in [3.8, 4) is 5.75 Å². The molecule has 0 fully saturated rings. The van der Waals surface area contributed by atoms with Crippen molar-refractivity contribution in [3.05, 3.63) is 92.9 Å². The molecular weight excluding hydrogens is 393 g/mol. The summed E-state index contributed by atoms with van der Waals surface area (Å²) in [6, 6.07) is 19.2. The second kappa shape index (κ2) is 8.45. The zero-order valence-corrected chi connectivity index (χ0v) is 15.8. The highest BCUT2D eigenvalue weighted by Gasteiger charge is 2.10. The highest BCUT2D eigenvalue weighted by atomic mass is 35.5. The standard InChI is InChI=1S/C20H14Cl3NO2/c21-15-8-9-19(18(23)11-15)24-20(25)13-5-3-6-16(10-13)26-12-14-4-1-2-7-17(14)22/h1-11H,12H2,(H,24,25). The second-order valence-corrected chi connectivity index (χ2v) is 6.74. The Morgan fingerprint density at radius 1 is 0.885 bits per heavy atom. The van der Waals surface area contributed by atoms with Crippen molar-refractivity contribution >= 4 is 46.4 Å². The number of carbonyl (C=O) groups excluding carboxylic acids is 1. The van der Waals surface area contributed by atoms with Gasteiger partial charge in [0.15, 0.2) is 0 Å². The molecule has 0 spiro atoms. The van der Waals surface area contributed by atoms with Gasteiger partial charge in [-0.25, -0.2) is 0 Å². The Hall–Kier alpha value is -2.20. The van der Waals surface area contributed by atoms with Crippen molar-refractivity contribution in [2.75, 3.05) is 5.32 Å². The third kappa shape index (κ3) is 4.70. The lowest BCUT2D eigenvalue weighted by atomic mass is 10.2. The van der Waals surface area contributed by atoms with Gasteiger partial charge in [0.05, 0.1) is 10.7 Å². The largest absolute Gasteiger partial charge is 0.489 e. The van der Waals surface area contributed by atoms with Crippen LogP contribution in [-0.4, -0.2) is 5.91 Å². The fraction of sp³-hybridized carbons (Fsp3) is 0.0500. The number of hydrogen-bond acceptors (Lipinski definition) is 2. The molecule has 3 nitrogen and oxygen atoms in total. The van der Waals surface area contributed by atoms with E-state index in [4.69, 9.17) is 39.5 Å². The van der Waals surface area contributed by atoms with Crippen LogP contribution in [0.15, 0.2) is 66.7 Å². The Morgan fingerprint density at radius 3 is 2.46 bits per heavy atom. The smallest absolute Gasteiger partial charge is 0.255 e. The minimum atomic E-state index is -0.294. The van der Waals surface area contributed by atoms with Gasteiger partial charge in [-0.3, -0.25) is 4.79 Å². The first kappa shape index (κ1) is 18.6. The molecule has 3 aromatic rings. The van der Waals surface area contributed by atoms with Crippen LogP contribution in [0.5, 0.6) is 5.75 Å². The maximum absolute atomic E-state index is 12.5. The van der Waals surface area contributed by atoms with E-state index in [-0.39, 0.29) is 5.91 Å². The molecule has 0 aliphatic heterocycles. The van der Waals surface area contributed by atoms with Crippen molar-refractivity contribution in [2.45, 2.75) is 6.61 Å². The van der Waals surface area contributed by atoms with Gasteiger partial charge < -0.3 is 10.1 Å². The van der Waals surface area contributed by atoms with E-state index in [0.29, 0.717) is 38.7 Å².